The van der Waals surface area contributed by atoms with Crippen molar-refractivity contribution in [2.24, 2.45) is 0 Å². The molecule has 1 aromatic heterocycles. The zero-order chi connectivity index (χ0) is 8.55. The lowest BCUT2D eigenvalue weighted by molar-refractivity contribution is 0.588. The van der Waals surface area contributed by atoms with Crippen LogP contribution >= 0.6 is 15.9 Å². The Bertz CT molecular complexity index is 342. The predicted octanol–water partition coefficient (Wildman–Crippen LogP) is 1.44. The van der Waals surface area contributed by atoms with Crippen LogP contribution in [-0.4, -0.2) is 9.54 Å². The molecule has 0 saturated heterocycles. The maximum atomic E-state index is 11.3. The Morgan fingerprint density at radius 3 is 3.25 bits per heavy atom. The zero-order valence-electron chi connectivity index (χ0n) is 5.95. The van der Waals surface area contributed by atoms with Crippen LogP contribution in [0.4, 0.5) is 0 Å². The van der Waals surface area contributed by atoms with E-state index in [0.29, 0.717) is 4.90 Å². The Morgan fingerprint density at radius 2 is 2.42 bits per heavy atom. The minimum Gasteiger partial charge on any atom is -0.588 e. The molecule has 1 unspecified atom stereocenters. The van der Waals surface area contributed by atoms with Crippen LogP contribution in [-0.2, 0) is 11.4 Å². The van der Waals surface area contributed by atoms with E-state index in [1.165, 1.54) is 0 Å². The highest BCUT2D eigenvalue weighted by molar-refractivity contribution is 9.10. The number of halogens is 1. The summed E-state index contributed by atoms with van der Waals surface area (Å²) in [5.74, 6) is 0. The first-order valence-corrected chi connectivity index (χ1v) is 5.22. The molecule has 0 aromatic carbocycles. The molecule has 12 heavy (non-hydrogen) atoms. The summed E-state index contributed by atoms with van der Waals surface area (Å²) in [5.41, 5.74) is 0.760. The third kappa shape index (κ3) is 1.35. The van der Waals surface area contributed by atoms with Gasteiger partial charge < -0.3 is 4.55 Å². The van der Waals surface area contributed by atoms with E-state index >= 15 is 0 Å². The highest BCUT2D eigenvalue weighted by Crippen LogP contribution is 2.21. The predicted molar refractivity (Wildman–Crippen MR) is 50.5 cm³/mol. The molecule has 1 aliphatic rings. The molecule has 1 atom stereocenters. The maximum Gasteiger partial charge on any atom is 0.206 e. The van der Waals surface area contributed by atoms with Gasteiger partial charge in [-0.2, -0.15) is 0 Å². The minimum atomic E-state index is -1.15. The van der Waals surface area contributed by atoms with Gasteiger partial charge in [0.15, 0.2) is 0 Å². The monoisotopic (exact) mass is 244 g/mol. The van der Waals surface area contributed by atoms with Crippen molar-refractivity contribution in [3.8, 4) is 0 Å². The zero-order valence-corrected chi connectivity index (χ0v) is 8.35. The van der Waals surface area contributed by atoms with Crippen molar-refractivity contribution in [3.05, 3.63) is 28.6 Å². The van der Waals surface area contributed by atoms with E-state index in [1.54, 1.807) is 24.5 Å². The van der Waals surface area contributed by atoms with Gasteiger partial charge in [-0.05, 0) is 22.0 Å². The summed E-state index contributed by atoms with van der Waals surface area (Å²) in [6, 6.07) is 1.80. The summed E-state index contributed by atoms with van der Waals surface area (Å²) in [5, 5.41) is 0. The van der Waals surface area contributed by atoms with Crippen LogP contribution in [0, 0.1) is 0 Å². The van der Waals surface area contributed by atoms with Crippen molar-refractivity contribution >= 4 is 33.4 Å². The molecular weight excluding hydrogens is 240 g/mol. The molecule has 5 heteroatoms. The summed E-state index contributed by atoms with van der Waals surface area (Å²) in [7, 11) is 0. The lowest BCUT2D eigenvalue weighted by atomic mass is 10.3. The van der Waals surface area contributed by atoms with E-state index in [9.17, 15) is 4.55 Å². The third-order valence-corrected chi connectivity index (χ3v) is 2.97. The number of nitrogens with zero attached hydrogens (tertiary/aromatic N) is 1. The number of rotatable bonds is 0. The van der Waals surface area contributed by atoms with Crippen LogP contribution < -0.4 is 4.72 Å². The molecule has 1 aromatic rings. The van der Waals surface area contributed by atoms with E-state index < -0.39 is 11.4 Å². The van der Waals surface area contributed by atoms with Crippen molar-refractivity contribution in [2.45, 2.75) is 4.90 Å². The van der Waals surface area contributed by atoms with Crippen molar-refractivity contribution in [1.29, 1.82) is 0 Å². The van der Waals surface area contributed by atoms with Crippen LogP contribution in [0.3, 0.4) is 0 Å². The molecule has 0 amide bonds. The molecule has 1 aliphatic heterocycles. The lowest BCUT2D eigenvalue weighted by Gasteiger charge is -2.13. The van der Waals surface area contributed by atoms with Gasteiger partial charge in [-0.1, -0.05) is 0 Å². The molecule has 0 bridgehead atoms. The van der Waals surface area contributed by atoms with Crippen molar-refractivity contribution in [2.75, 3.05) is 0 Å². The summed E-state index contributed by atoms with van der Waals surface area (Å²) in [6.07, 6.45) is 5.12. The van der Waals surface area contributed by atoms with E-state index in [1.807, 2.05) is 0 Å². The lowest BCUT2D eigenvalue weighted by Crippen LogP contribution is -2.22. The second-order valence-electron chi connectivity index (χ2n) is 2.26. The fraction of sp³-hybridized carbons (Fsp3) is 0. The fourth-order valence-electron chi connectivity index (χ4n) is 0.943. The van der Waals surface area contributed by atoms with Crippen LogP contribution in [0.2, 0.25) is 0 Å². The molecule has 0 aliphatic carbocycles. The van der Waals surface area contributed by atoms with Crippen molar-refractivity contribution < 1.29 is 4.55 Å². The van der Waals surface area contributed by atoms with Gasteiger partial charge in [0, 0.05) is 22.9 Å². The van der Waals surface area contributed by atoms with E-state index in [4.69, 9.17) is 0 Å². The Labute approximate surface area is 81.3 Å². The highest BCUT2D eigenvalue weighted by Gasteiger charge is 2.19. The van der Waals surface area contributed by atoms with E-state index in [0.717, 1.165) is 10.2 Å². The SMILES string of the molecule is [O-][S+]1NC=Cc2ncc(Br)cc21. The van der Waals surface area contributed by atoms with Gasteiger partial charge in [-0.3, -0.25) is 4.98 Å². The summed E-state index contributed by atoms with van der Waals surface area (Å²) < 4.78 is 14.9. The quantitative estimate of drug-likeness (QED) is 0.703. The molecular formula is C7H5BrN2OS. The number of aromatic nitrogens is 1. The molecule has 1 N–H and O–H groups in total. The molecule has 0 radical (unpaired) electrons. The van der Waals surface area contributed by atoms with Crippen LogP contribution in [0.1, 0.15) is 5.69 Å². The Kier molecular flexibility index (Phi) is 2.08. The molecule has 2 heterocycles. The maximum absolute atomic E-state index is 11.3. The summed E-state index contributed by atoms with van der Waals surface area (Å²) >= 11 is 2.11. The first-order valence-electron chi connectivity index (χ1n) is 3.27. The number of hydrogen-bond donors (Lipinski definition) is 1. The molecule has 3 nitrogen and oxygen atoms in total. The number of hydrogen-bond acceptors (Lipinski definition) is 3. The number of nitrogens with one attached hydrogen (secondary N) is 1. The first kappa shape index (κ1) is 8.10. The minimum absolute atomic E-state index is 0.715. The normalized spacial score (nSPS) is 20.0. The average molecular weight is 245 g/mol. The van der Waals surface area contributed by atoms with E-state index in [-0.39, 0.29) is 0 Å². The molecule has 0 fully saturated rings. The van der Waals surface area contributed by atoms with Crippen LogP contribution in [0.5, 0.6) is 0 Å². The van der Waals surface area contributed by atoms with Gasteiger partial charge in [0.25, 0.3) is 0 Å². The smallest absolute Gasteiger partial charge is 0.206 e. The van der Waals surface area contributed by atoms with Gasteiger partial charge >= 0.3 is 0 Å². The van der Waals surface area contributed by atoms with Gasteiger partial charge in [-0.25, -0.2) is 4.72 Å². The second kappa shape index (κ2) is 3.08. The Hall–Kier alpha value is -0.520. The Balaban J connectivity index is 2.56. The van der Waals surface area contributed by atoms with Gasteiger partial charge in [0.05, 0.1) is 0 Å². The molecule has 0 saturated carbocycles. The van der Waals surface area contributed by atoms with Crippen LogP contribution in [0.15, 0.2) is 27.8 Å². The largest absolute Gasteiger partial charge is 0.588 e. The van der Waals surface area contributed by atoms with Crippen molar-refractivity contribution in [3.63, 3.8) is 0 Å². The van der Waals surface area contributed by atoms with Gasteiger partial charge in [0.1, 0.15) is 17.1 Å². The first-order chi connectivity index (χ1) is 5.77. The highest BCUT2D eigenvalue weighted by atomic mass is 79.9. The number of fused-ring (bicyclic) bond motifs is 1. The average Bonchev–Trinajstić information content (AvgIpc) is 2.07. The van der Waals surface area contributed by atoms with Gasteiger partial charge in [0.2, 0.25) is 4.90 Å². The molecule has 2 rings (SSSR count). The Morgan fingerprint density at radius 1 is 1.58 bits per heavy atom. The molecule has 62 valence electrons. The molecule has 0 spiro atoms. The fourth-order valence-corrected chi connectivity index (χ4v) is 2.29. The van der Waals surface area contributed by atoms with Crippen LogP contribution in [0.25, 0.3) is 6.08 Å². The topological polar surface area (TPSA) is 48.0 Å². The van der Waals surface area contributed by atoms with E-state index in [2.05, 4.69) is 25.6 Å². The number of pyridine rings is 1. The summed E-state index contributed by atoms with van der Waals surface area (Å²) in [6.45, 7) is 0. The second-order valence-corrected chi connectivity index (χ2v) is 4.39. The van der Waals surface area contributed by atoms with Crippen molar-refractivity contribution in [1.82, 2.24) is 9.71 Å². The third-order valence-electron chi connectivity index (χ3n) is 1.46. The standard InChI is InChI=1S/C7H5BrN2OS/c8-5-3-7-6(9-4-5)1-2-10-12(7)11/h1-4,10H. The van der Waals surface area contributed by atoms with Gasteiger partial charge in [-0.15, -0.1) is 0 Å². The summed E-state index contributed by atoms with van der Waals surface area (Å²) in [4.78, 5) is 4.82.